The molecule has 0 aliphatic heterocycles. The Morgan fingerprint density at radius 2 is 1.70 bits per heavy atom. The van der Waals surface area contributed by atoms with Gasteiger partial charge in [0.15, 0.2) is 0 Å². The number of benzene rings is 1. The summed E-state index contributed by atoms with van der Waals surface area (Å²) in [6.45, 7) is 3.02. The predicted octanol–water partition coefficient (Wildman–Crippen LogP) is 4.22. The fourth-order valence-corrected chi connectivity index (χ4v) is 3.30. The molecule has 0 N–H and O–H groups in total. The van der Waals surface area contributed by atoms with E-state index < -0.39 is 0 Å². The first-order chi connectivity index (χ1) is 9.69. The summed E-state index contributed by atoms with van der Waals surface area (Å²) in [5, 5.41) is 0. The van der Waals surface area contributed by atoms with Crippen molar-refractivity contribution in [1.82, 2.24) is 0 Å². The van der Waals surface area contributed by atoms with Crippen LogP contribution in [0.15, 0.2) is 24.3 Å². The number of aldehydes is 1. The zero-order chi connectivity index (χ0) is 14.4. The van der Waals surface area contributed by atoms with Crippen LogP contribution in [0.3, 0.4) is 0 Å². The minimum absolute atomic E-state index is 0.130. The Morgan fingerprint density at radius 1 is 1.10 bits per heavy atom. The molecule has 0 radical (unpaired) electrons. The van der Waals surface area contributed by atoms with Gasteiger partial charge in [-0.1, -0.05) is 44.7 Å². The highest BCUT2D eigenvalue weighted by molar-refractivity contribution is 5.61. The molecule has 20 heavy (non-hydrogen) atoms. The Balaban J connectivity index is 2.07. The Labute approximate surface area is 123 Å². The Hall–Kier alpha value is -1.31. The van der Waals surface area contributed by atoms with E-state index in [0.717, 1.165) is 25.8 Å². The van der Waals surface area contributed by atoms with Crippen LogP contribution in [0.2, 0.25) is 0 Å². The summed E-state index contributed by atoms with van der Waals surface area (Å²) in [6.07, 6.45) is 9.36. The molecule has 0 heterocycles. The van der Waals surface area contributed by atoms with Gasteiger partial charge in [-0.15, -0.1) is 0 Å². The lowest BCUT2D eigenvalue weighted by molar-refractivity contribution is -0.116. The predicted molar refractivity (Wildman–Crippen MR) is 85.3 cm³/mol. The van der Waals surface area contributed by atoms with Gasteiger partial charge in [0.2, 0.25) is 0 Å². The fourth-order valence-electron chi connectivity index (χ4n) is 3.30. The highest BCUT2D eigenvalue weighted by Crippen LogP contribution is 2.34. The molecule has 2 heteroatoms. The second-order valence-corrected chi connectivity index (χ2v) is 6.27. The van der Waals surface area contributed by atoms with Crippen LogP contribution >= 0.6 is 0 Å². The van der Waals surface area contributed by atoms with Crippen molar-refractivity contribution in [3.63, 3.8) is 0 Å². The van der Waals surface area contributed by atoms with E-state index in [1.807, 2.05) is 0 Å². The van der Waals surface area contributed by atoms with E-state index in [1.54, 1.807) is 0 Å². The maximum atomic E-state index is 11.7. The lowest BCUT2D eigenvalue weighted by Gasteiger charge is -2.32. The second-order valence-electron chi connectivity index (χ2n) is 6.27. The monoisotopic (exact) mass is 273 g/mol. The Bertz CT molecular complexity index is 416. The average molecular weight is 273 g/mol. The molecule has 0 atom stereocenters. The maximum absolute atomic E-state index is 11.7. The SMILES string of the molecule is CCc1ccc(N(C)CC2(C=O)CCCCCC2)cc1. The molecule has 0 unspecified atom stereocenters. The van der Waals surface area contributed by atoms with Crippen molar-refractivity contribution in [2.24, 2.45) is 5.41 Å². The molecule has 110 valence electrons. The molecule has 1 aliphatic carbocycles. The fraction of sp³-hybridized carbons (Fsp3) is 0.611. The van der Waals surface area contributed by atoms with Gasteiger partial charge >= 0.3 is 0 Å². The Morgan fingerprint density at radius 3 is 2.20 bits per heavy atom. The van der Waals surface area contributed by atoms with Crippen molar-refractivity contribution < 1.29 is 4.79 Å². The summed E-state index contributed by atoms with van der Waals surface area (Å²) in [6, 6.07) is 8.72. The summed E-state index contributed by atoms with van der Waals surface area (Å²) in [4.78, 5) is 13.9. The number of aryl methyl sites for hydroxylation is 1. The van der Waals surface area contributed by atoms with Gasteiger partial charge in [0.1, 0.15) is 6.29 Å². The zero-order valence-electron chi connectivity index (χ0n) is 12.9. The van der Waals surface area contributed by atoms with E-state index >= 15 is 0 Å². The minimum atomic E-state index is -0.130. The van der Waals surface area contributed by atoms with E-state index in [9.17, 15) is 4.79 Å². The van der Waals surface area contributed by atoms with Crippen molar-refractivity contribution in [1.29, 1.82) is 0 Å². The van der Waals surface area contributed by atoms with Crippen molar-refractivity contribution in [2.45, 2.75) is 51.9 Å². The van der Waals surface area contributed by atoms with Crippen molar-refractivity contribution in [3.05, 3.63) is 29.8 Å². The second kappa shape index (κ2) is 6.92. The van der Waals surface area contributed by atoms with Gasteiger partial charge in [-0.25, -0.2) is 0 Å². The molecule has 1 saturated carbocycles. The molecule has 1 aliphatic rings. The van der Waals surface area contributed by atoms with Gasteiger partial charge in [-0.3, -0.25) is 0 Å². The molecule has 0 aromatic heterocycles. The lowest BCUT2D eigenvalue weighted by atomic mass is 9.81. The first-order valence-corrected chi connectivity index (χ1v) is 7.95. The normalized spacial score (nSPS) is 18.3. The summed E-state index contributed by atoms with van der Waals surface area (Å²) in [7, 11) is 2.11. The lowest BCUT2D eigenvalue weighted by Crippen LogP contribution is -2.36. The van der Waals surface area contributed by atoms with Crippen LogP contribution in [0.4, 0.5) is 5.69 Å². The zero-order valence-corrected chi connectivity index (χ0v) is 12.9. The number of nitrogens with zero attached hydrogens (tertiary/aromatic N) is 1. The largest absolute Gasteiger partial charge is 0.374 e. The van der Waals surface area contributed by atoms with Crippen LogP contribution in [0, 0.1) is 5.41 Å². The number of rotatable bonds is 5. The summed E-state index contributed by atoms with van der Waals surface area (Å²) in [5.41, 5.74) is 2.45. The smallest absolute Gasteiger partial charge is 0.127 e. The molecule has 1 aromatic rings. The van der Waals surface area contributed by atoms with Crippen LogP contribution < -0.4 is 4.90 Å². The molecular formula is C18H27NO. The van der Waals surface area contributed by atoms with Crippen molar-refractivity contribution in [2.75, 3.05) is 18.5 Å². The molecule has 0 spiro atoms. The maximum Gasteiger partial charge on any atom is 0.127 e. The molecule has 2 nitrogen and oxygen atoms in total. The van der Waals surface area contributed by atoms with Gasteiger partial charge < -0.3 is 9.69 Å². The van der Waals surface area contributed by atoms with Crippen LogP contribution in [0.1, 0.15) is 51.0 Å². The molecule has 0 bridgehead atoms. The molecule has 1 fully saturated rings. The van der Waals surface area contributed by atoms with Crippen LogP contribution in [0.25, 0.3) is 0 Å². The van der Waals surface area contributed by atoms with Crippen LogP contribution in [-0.2, 0) is 11.2 Å². The average Bonchev–Trinajstić information content (AvgIpc) is 2.73. The highest BCUT2D eigenvalue weighted by atomic mass is 16.1. The van der Waals surface area contributed by atoms with Crippen molar-refractivity contribution in [3.8, 4) is 0 Å². The van der Waals surface area contributed by atoms with Gasteiger partial charge in [-0.2, -0.15) is 0 Å². The summed E-state index contributed by atoms with van der Waals surface area (Å²) < 4.78 is 0. The van der Waals surface area contributed by atoms with Crippen molar-refractivity contribution >= 4 is 12.0 Å². The van der Waals surface area contributed by atoms with Gasteiger partial charge in [0.05, 0.1) is 0 Å². The number of carbonyl (C=O) groups is 1. The van der Waals surface area contributed by atoms with E-state index in [0.29, 0.717) is 0 Å². The number of carbonyl (C=O) groups excluding carboxylic acids is 1. The number of hydrogen-bond donors (Lipinski definition) is 0. The quantitative estimate of drug-likeness (QED) is 0.591. The van der Waals surface area contributed by atoms with Crippen LogP contribution in [0.5, 0.6) is 0 Å². The third-order valence-electron chi connectivity index (χ3n) is 4.69. The van der Waals surface area contributed by atoms with Gasteiger partial charge in [0.25, 0.3) is 0 Å². The van der Waals surface area contributed by atoms with E-state index in [-0.39, 0.29) is 5.41 Å². The minimum Gasteiger partial charge on any atom is -0.374 e. The third-order valence-corrected chi connectivity index (χ3v) is 4.69. The van der Waals surface area contributed by atoms with E-state index in [2.05, 4.69) is 43.1 Å². The standard InChI is InChI=1S/C18H27NO/c1-3-16-8-10-17(11-9-16)19(2)14-18(15-20)12-6-4-5-7-13-18/h8-11,15H,3-7,12-14H2,1-2H3. The van der Waals surface area contributed by atoms with Gasteiger partial charge in [0, 0.05) is 24.7 Å². The molecule has 1 aromatic carbocycles. The summed E-state index contributed by atoms with van der Waals surface area (Å²) >= 11 is 0. The Kier molecular flexibility index (Phi) is 5.22. The van der Waals surface area contributed by atoms with Gasteiger partial charge in [-0.05, 0) is 37.0 Å². The molecule has 0 amide bonds. The van der Waals surface area contributed by atoms with Crippen LogP contribution in [-0.4, -0.2) is 19.9 Å². The first-order valence-electron chi connectivity index (χ1n) is 7.95. The molecular weight excluding hydrogens is 246 g/mol. The number of hydrogen-bond acceptors (Lipinski definition) is 2. The highest BCUT2D eigenvalue weighted by Gasteiger charge is 2.31. The molecule has 0 saturated heterocycles. The van der Waals surface area contributed by atoms with E-state index in [1.165, 1.54) is 43.2 Å². The third kappa shape index (κ3) is 3.62. The first kappa shape index (κ1) is 15.1. The summed E-state index contributed by atoms with van der Waals surface area (Å²) in [5.74, 6) is 0. The molecule has 2 rings (SSSR count). The number of anilines is 1. The van der Waals surface area contributed by atoms with E-state index in [4.69, 9.17) is 0 Å². The topological polar surface area (TPSA) is 20.3 Å².